The van der Waals surface area contributed by atoms with Crippen LogP contribution in [0.25, 0.3) is 10.6 Å². The van der Waals surface area contributed by atoms with Crippen LogP contribution in [0.4, 0.5) is 4.39 Å². The monoisotopic (exact) mass is 338 g/mol. The first-order chi connectivity index (χ1) is 10.9. The summed E-state index contributed by atoms with van der Waals surface area (Å²) in [6.07, 6.45) is 1.29. The van der Waals surface area contributed by atoms with Crippen molar-refractivity contribution in [2.75, 3.05) is 13.7 Å². The van der Waals surface area contributed by atoms with Gasteiger partial charge in [-0.1, -0.05) is 12.1 Å². The molecule has 0 radical (unpaired) electrons. The second-order valence-electron chi connectivity index (χ2n) is 5.03. The number of carbonyl (C=O) groups excluding carboxylic acids is 1. The third-order valence-electron chi connectivity index (χ3n) is 3.13. The van der Waals surface area contributed by atoms with Gasteiger partial charge in [-0.2, -0.15) is 0 Å². The Balaban J connectivity index is 2.22. The number of nitrogens with zero attached hydrogens (tertiary/aromatic N) is 1. The van der Waals surface area contributed by atoms with Gasteiger partial charge in [-0.25, -0.2) is 14.2 Å². The van der Waals surface area contributed by atoms with Crippen molar-refractivity contribution in [1.82, 2.24) is 10.3 Å². The lowest BCUT2D eigenvalue weighted by Gasteiger charge is -2.24. The van der Waals surface area contributed by atoms with Crippen molar-refractivity contribution in [2.45, 2.75) is 12.5 Å². The molecule has 0 aliphatic heterocycles. The number of benzene rings is 1. The third-order valence-corrected chi connectivity index (χ3v) is 4.16. The molecular formula is C15H15FN2O4S. The van der Waals surface area contributed by atoms with Crippen molar-refractivity contribution in [2.24, 2.45) is 0 Å². The quantitative estimate of drug-likeness (QED) is 0.843. The third kappa shape index (κ3) is 3.72. The molecule has 122 valence electrons. The molecule has 1 amide bonds. The highest BCUT2D eigenvalue weighted by atomic mass is 32.1. The Hall–Kier alpha value is -2.32. The van der Waals surface area contributed by atoms with Gasteiger partial charge in [-0.15, -0.1) is 11.3 Å². The number of hydrogen-bond donors (Lipinski definition) is 2. The maximum atomic E-state index is 13.7. The van der Waals surface area contributed by atoms with Gasteiger partial charge in [0.1, 0.15) is 15.7 Å². The van der Waals surface area contributed by atoms with Gasteiger partial charge < -0.3 is 15.2 Å². The lowest BCUT2D eigenvalue weighted by Crippen LogP contribution is -2.55. The number of carboxylic acids is 1. The van der Waals surface area contributed by atoms with Gasteiger partial charge in [0.15, 0.2) is 5.54 Å². The zero-order valence-electron chi connectivity index (χ0n) is 12.5. The minimum absolute atomic E-state index is 0.187. The van der Waals surface area contributed by atoms with Crippen LogP contribution in [0.2, 0.25) is 0 Å². The summed E-state index contributed by atoms with van der Waals surface area (Å²) >= 11 is 0.982. The van der Waals surface area contributed by atoms with Gasteiger partial charge >= 0.3 is 5.97 Å². The van der Waals surface area contributed by atoms with Crippen molar-refractivity contribution in [3.8, 4) is 10.6 Å². The predicted octanol–water partition coefficient (Wildman–Crippen LogP) is 2.17. The number of carboxylic acid groups (broad SMARTS) is 1. The molecule has 2 aromatic rings. The number of ether oxygens (including phenoxy) is 1. The number of halogens is 1. The number of aromatic nitrogens is 1. The lowest BCUT2D eigenvalue weighted by molar-refractivity contribution is -0.145. The molecule has 1 atom stereocenters. The zero-order chi connectivity index (χ0) is 17.0. The molecule has 0 fully saturated rings. The van der Waals surface area contributed by atoms with Crippen LogP contribution in [0.15, 0.2) is 30.5 Å². The van der Waals surface area contributed by atoms with Crippen LogP contribution in [-0.2, 0) is 9.53 Å². The van der Waals surface area contributed by atoms with Gasteiger partial charge in [0, 0.05) is 12.7 Å². The van der Waals surface area contributed by atoms with E-state index in [2.05, 4.69) is 10.3 Å². The van der Waals surface area contributed by atoms with E-state index in [-0.39, 0.29) is 17.0 Å². The molecule has 0 saturated carbocycles. The van der Waals surface area contributed by atoms with Crippen LogP contribution in [0.1, 0.15) is 16.6 Å². The molecule has 1 heterocycles. The number of nitrogens with one attached hydrogen (secondary N) is 1. The van der Waals surface area contributed by atoms with Gasteiger partial charge in [-0.3, -0.25) is 4.79 Å². The number of thiazole rings is 1. The molecule has 1 aromatic carbocycles. The van der Waals surface area contributed by atoms with Crippen LogP contribution in [0.3, 0.4) is 0 Å². The largest absolute Gasteiger partial charge is 0.479 e. The highest BCUT2D eigenvalue weighted by Gasteiger charge is 2.35. The molecule has 0 aliphatic rings. The molecule has 8 heteroatoms. The van der Waals surface area contributed by atoms with Crippen molar-refractivity contribution in [1.29, 1.82) is 0 Å². The molecule has 2 rings (SSSR count). The highest BCUT2D eigenvalue weighted by Crippen LogP contribution is 2.27. The number of rotatable bonds is 6. The second kappa shape index (κ2) is 6.84. The van der Waals surface area contributed by atoms with Crippen molar-refractivity contribution >= 4 is 23.2 Å². The Morgan fingerprint density at radius 2 is 2.13 bits per heavy atom. The van der Waals surface area contributed by atoms with E-state index >= 15 is 0 Å². The van der Waals surface area contributed by atoms with Crippen LogP contribution >= 0.6 is 11.3 Å². The molecule has 6 nitrogen and oxygen atoms in total. The summed E-state index contributed by atoms with van der Waals surface area (Å²) in [5.74, 6) is -2.26. The van der Waals surface area contributed by atoms with Crippen molar-refractivity contribution in [3.63, 3.8) is 0 Å². The Bertz CT molecular complexity index is 734. The van der Waals surface area contributed by atoms with Crippen LogP contribution < -0.4 is 5.32 Å². The van der Waals surface area contributed by atoms with Gasteiger partial charge in [-0.05, 0) is 19.1 Å². The maximum absolute atomic E-state index is 13.7. The van der Waals surface area contributed by atoms with Crippen LogP contribution in [0.5, 0.6) is 0 Å². The number of amides is 1. The van der Waals surface area contributed by atoms with Gasteiger partial charge in [0.05, 0.1) is 12.8 Å². The van der Waals surface area contributed by atoms with E-state index < -0.39 is 23.2 Å². The Labute approximate surface area is 135 Å². The molecule has 1 unspecified atom stereocenters. The van der Waals surface area contributed by atoms with Crippen molar-refractivity contribution in [3.05, 3.63) is 41.2 Å². The maximum Gasteiger partial charge on any atom is 0.331 e. The summed E-state index contributed by atoms with van der Waals surface area (Å²) in [7, 11) is 1.34. The Kier molecular flexibility index (Phi) is 5.07. The molecule has 0 saturated heterocycles. The summed E-state index contributed by atoms with van der Waals surface area (Å²) in [4.78, 5) is 27.7. The minimum Gasteiger partial charge on any atom is -0.479 e. The molecule has 0 spiro atoms. The van der Waals surface area contributed by atoms with E-state index in [1.54, 1.807) is 18.2 Å². The van der Waals surface area contributed by atoms with Crippen molar-refractivity contribution < 1.29 is 23.8 Å². The molecular weight excluding hydrogens is 323 g/mol. The number of methoxy groups -OCH3 is 1. The van der Waals surface area contributed by atoms with E-state index in [0.717, 1.165) is 11.3 Å². The molecule has 2 N–H and O–H groups in total. The Morgan fingerprint density at radius 1 is 1.43 bits per heavy atom. The van der Waals surface area contributed by atoms with E-state index in [4.69, 9.17) is 4.74 Å². The van der Waals surface area contributed by atoms with E-state index in [0.29, 0.717) is 5.01 Å². The number of aliphatic carboxylic acids is 1. The van der Waals surface area contributed by atoms with E-state index in [1.165, 1.54) is 26.3 Å². The minimum atomic E-state index is -1.56. The smallest absolute Gasteiger partial charge is 0.331 e. The Morgan fingerprint density at radius 3 is 2.74 bits per heavy atom. The average Bonchev–Trinajstić information content (AvgIpc) is 2.97. The molecule has 0 aliphatic carbocycles. The standard InChI is InChI=1S/C15H15FN2O4S/c1-15(8-22-2,14(20)21)18-12(19)11-7-17-13(23-11)9-5-3-4-6-10(9)16/h3-7H,8H2,1-2H3,(H,18,19)(H,20,21). The first-order valence-electron chi connectivity index (χ1n) is 6.63. The summed E-state index contributed by atoms with van der Waals surface area (Å²) in [6, 6.07) is 6.08. The summed E-state index contributed by atoms with van der Waals surface area (Å²) in [5.41, 5.74) is -1.28. The first kappa shape index (κ1) is 17.0. The summed E-state index contributed by atoms with van der Waals surface area (Å²) < 4.78 is 18.6. The number of hydrogen-bond acceptors (Lipinski definition) is 5. The average molecular weight is 338 g/mol. The lowest BCUT2D eigenvalue weighted by atomic mass is 10.0. The van der Waals surface area contributed by atoms with Crippen LogP contribution in [0, 0.1) is 5.82 Å². The fourth-order valence-corrected chi connectivity index (χ4v) is 2.73. The topological polar surface area (TPSA) is 88.5 Å². The fraction of sp³-hybridized carbons (Fsp3) is 0.267. The van der Waals surface area contributed by atoms with Gasteiger partial charge in [0.25, 0.3) is 5.91 Å². The summed E-state index contributed by atoms with van der Waals surface area (Å²) in [6.45, 7) is 1.16. The number of carbonyl (C=O) groups is 2. The SMILES string of the molecule is COCC(C)(NC(=O)c1cnc(-c2ccccc2F)s1)C(=O)O. The van der Waals surface area contributed by atoms with Gasteiger partial charge in [0.2, 0.25) is 0 Å². The highest BCUT2D eigenvalue weighted by molar-refractivity contribution is 7.16. The van der Waals surface area contributed by atoms with Crippen LogP contribution in [-0.4, -0.2) is 41.2 Å². The van der Waals surface area contributed by atoms with E-state index in [1.807, 2.05) is 0 Å². The molecule has 1 aromatic heterocycles. The second-order valence-corrected chi connectivity index (χ2v) is 6.06. The predicted molar refractivity (Wildman–Crippen MR) is 82.9 cm³/mol. The first-order valence-corrected chi connectivity index (χ1v) is 7.44. The zero-order valence-corrected chi connectivity index (χ0v) is 13.3. The normalized spacial score (nSPS) is 13.3. The summed E-state index contributed by atoms with van der Waals surface area (Å²) in [5, 5.41) is 12.0. The fourth-order valence-electron chi connectivity index (χ4n) is 1.89. The molecule has 23 heavy (non-hydrogen) atoms. The van der Waals surface area contributed by atoms with E-state index in [9.17, 15) is 19.1 Å². The molecule has 0 bridgehead atoms.